The SMILES string of the molecule is COc1ccc(CN2CCN(CC(CS(=O)(=O)O)OC(C)=O)CC2)c(OC)c1OC.[Na]. The van der Waals surface area contributed by atoms with Crippen LogP contribution in [0.25, 0.3) is 0 Å². The first-order valence-corrected chi connectivity index (χ1v) is 11.1. The molecule has 1 aromatic rings. The zero-order valence-electron chi connectivity index (χ0n) is 18.8. The number of hydrogen-bond donors (Lipinski definition) is 1. The Kier molecular flexibility index (Phi) is 11.6. The number of methoxy groups -OCH3 is 3. The number of esters is 1. The minimum absolute atomic E-state index is 0. The fourth-order valence-corrected chi connectivity index (χ4v) is 4.18. The van der Waals surface area contributed by atoms with E-state index in [4.69, 9.17) is 23.5 Å². The van der Waals surface area contributed by atoms with Gasteiger partial charge in [-0.05, 0) is 6.07 Å². The van der Waals surface area contributed by atoms with Crippen molar-refractivity contribution in [2.24, 2.45) is 0 Å². The van der Waals surface area contributed by atoms with E-state index in [-0.39, 0.29) is 36.1 Å². The number of hydrogen-bond acceptors (Lipinski definition) is 9. The van der Waals surface area contributed by atoms with E-state index in [2.05, 4.69) is 4.90 Å². The second-order valence-electron chi connectivity index (χ2n) is 7.05. The number of carbonyl (C=O) groups is 1. The molecule has 31 heavy (non-hydrogen) atoms. The van der Waals surface area contributed by atoms with Crippen LogP contribution < -0.4 is 14.2 Å². The van der Waals surface area contributed by atoms with Crippen LogP contribution in [-0.2, 0) is 26.2 Å². The van der Waals surface area contributed by atoms with Crippen molar-refractivity contribution in [1.82, 2.24) is 9.80 Å². The Hall–Kier alpha value is -1.08. The maximum absolute atomic E-state index is 11.2. The van der Waals surface area contributed by atoms with Crippen molar-refractivity contribution < 1.29 is 36.7 Å². The third-order valence-corrected chi connectivity index (χ3v) is 5.63. The average Bonchev–Trinajstić information content (AvgIpc) is 2.67. The predicted octanol–water partition coefficient (Wildman–Crippen LogP) is 0.269. The van der Waals surface area contributed by atoms with Gasteiger partial charge >= 0.3 is 5.97 Å². The summed E-state index contributed by atoms with van der Waals surface area (Å²) in [5.41, 5.74) is 0.966. The summed E-state index contributed by atoms with van der Waals surface area (Å²) in [5, 5.41) is 0. The van der Waals surface area contributed by atoms with Crippen LogP contribution in [0.1, 0.15) is 12.5 Å². The summed E-state index contributed by atoms with van der Waals surface area (Å²) in [4.78, 5) is 15.5. The van der Waals surface area contributed by atoms with Crippen molar-refractivity contribution in [3.8, 4) is 17.2 Å². The minimum atomic E-state index is -4.24. The van der Waals surface area contributed by atoms with E-state index in [0.29, 0.717) is 36.9 Å². The Balaban J connectivity index is 0.00000480. The zero-order valence-corrected chi connectivity index (χ0v) is 21.6. The molecule has 0 bridgehead atoms. The summed E-state index contributed by atoms with van der Waals surface area (Å²) in [6, 6.07) is 3.78. The molecule has 0 amide bonds. The first-order valence-electron chi connectivity index (χ1n) is 9.51. The molecule has 171 valence electrons. The predicted molar refractivity (Wildman–Crippen MR) is 116 cm³/mol. The molecule has 2 rings (SSSR count). The van der Waals surface area contributed by atoms with Crippen LogP contribution >= 0.6 is 0 Å². The zero-order chi connectivity index (χ0) is 22.3. The van der Waals surface area contributed by atoms with Crippen molar-refractivity contribution in [3.63, 3.8) is 0 Å². The summed E-state index contributed by atoms with van der Waals surface area (Å²) in [6.45, 7) is 4.90. The van der Waals surface area contributed by atoms with Crippen molar-refractivity contribution in [3.05, 3.63) is 17.7 Å². The number of nitrogens with zero attached hydrogens (tertiary/aromatic N) is 2. The van der Waals surface area contributed by atoms with Gasteiger partial charge in [-0.2, -0.15) is 8.42 Å². The molecule has 10 nitrogen and oxygen atoms in total. The van der Waals surface area contributed by atoms with Crippen molar-refractivity contribution in [1.29, 1.82) is 0 Å². The van der Waals surface area contributed by atoms with E-state index in [0.717, 1.165) is 18.7 Å². The Morgan fingerprint density at radius 3 is 2.10 bits per heavy atom. The van der Waals surface area contributed by atoms with E-state index in [1.807, 2.05) is 17.0 Å². The Labute approximate surface area is 205 Å². The van der Waals surface area contributed by atoms with Gasteiger partial charge in [-0.3, -0.25) is 19.1 Å². The first kappa shape index (κ1) is 28.0. The second-order valence-corrected chi connectivity index (χ2v) is 8.55. The second kappa shape index (κ2) is 12.8. The van der Waals surface area contributed by atoms with Gasteiger partial charge in [-0.15, -0.1) is 0 Å². The molecule has 1 aromatic carbocycles. The van der Waals surface area contributed by atoms with Gasteiger partial charge in [-0.25, -0.2) is 0 Å². The standard InChI is InChI=1S/C19H30N2O8S.Na/c1-14(22)29-16(13-30(23,24)25)12-21-9-7-20(8-10-21)11-15-5-6-17(26-2)19(28-4)18(15)27-3;/h5-6,16H,7-13H2,1-4H3,(H,23,24,25);. The third kappa shape index (κ3) is 8.76. The van der Waals surface area contributed by atoms with Gasteiger partial charge in [0.1, 0.15) is 11.9 Å². The average molecular weight is 470 g/mol. The van der Waals surface area contributed by atoms with Crippen LogP contribution in [0.2, 0.25) is 0 Å². The summed E-state index contributed by atoms with van der Waals surface area (Å²) >= 11 is 0. The molecule has 12 heteroatoms. The maximum atomic E-state index is 11.2. The summed E-state index contributed by atoms with van der Waals surface area (Å²) in [7, 11) is 0.480. The smallest absolute Gasteiger partial charge is 0.302 e. The van der Waals surface area contributed by atoms with Crippen LogP contribution in [0.15, 0.2) is 12.1 Å². The van der Waals surface area contributed by atoms with E-state index < -0.39 is 27.9 Å². The molecule has 1 heterocycles. The monoisotopic (exact) mass is 469 g/mol. The molecule has 1 saturated heterocycles. The van der Waals surface area contributed by atoms with E-state index in [1.165, 1.54) is 6.92 Å². The molecule has 0 saturated carbocycles. The van der Waals surface area contributed by atoms with Crippen molar-refractivity contribution in [2.45, 2.75) is 19.6 Å². The fraction of sp³-hybridized carbons (Fsp3) is 0.632. The van der Waals surface area contributed by atoms with E-state index >= 15 is 0 Å². The molecule has 1 aliphatic heterocycles. The summed E-state index contributed by atoms with van der Waals surface area (Å²) in [5.74, 6) is 0.573. The fourth-order valence-electron chi connectivity index (χ4n) is 3.54. The van der Waals surface area contributed by atoms with Crippen molar-refractivity contribution in [2.75, 3.05) is 59.8 Å². The molecular formula is C19H30N2NaO8S. The topological polar surface area (TPSA) is 115 Å². The Morgan fingerprint density at radius 2 is 1.61 bits per heavy atom. The maximum Gasteiger partial charge on any atom is 0.302 e. The molecule has 1 aliphatic rings. The van der Waals surface area contributed by atoms with Gasteiger partial charge < -0.3 is 18.9 Å². The normalized spacial score (nSPS) is 16.2. The van der Waals surface area contributed by atoms with Gasteiger partial charge in [0, 0.05) is 81.3 Å². The first-order chi connectivity index (χ1) is 14.2. The summed E-state index contributed by atoms with van der Waals surface area (Å²) < 4.78 is 52.8. The molecule has 1 N–H and O–H groups in total. The quantitative estimate of drug-likeness (QED) is 0.291. The van der Waals surface area contributed by atoms with Crippen LogP contribution in [0.3, 0.4) is 0 Å². The van der Waals surface area contributed by atoms with E-state index in [1.54, 1.807) is 21.3 Å². The molecule has 1 radical (unpaired) electrons. The Bertz CT molecular complexity index is 828. The number of rotatable bonds is 10. The molecule has 1 fully saturated rings. The number of carbonyl (C=O) groups excluding carboxylic acids is 1. The van der Waals surface area contributed by atoms with Gasteiger partial charge in [0.05, 0.1) is 21.3 Å². The molecule has 0 aliphatic carbocycles. The van der Waals surface area contributed by atoms with Crippen LogP contribution in [0.5, 0.6) is 17.2 Å². The molecule has 0 aromatic heterocycles. The van der Waals surface area contributed by atoms with Crippen LogP contribution in [0.4, 0.5) is 0 Å². The van der Waals surface area contributed by atoms with Crippen LogP contribution in [0, 0.1) is 0 Å². The van der Waals surface area contributed by atoms with Crippen molar-refractivity contribution >= 4 is 45.6 Å². The molecule has 0 spiro atoms. The van der Waals surface area contributed by atoms with Gasteiger partial charge in [0.2, 0.25) is 5.75 Å². The number of ether oxygens (including phenoxy) is 4. The molecule has 1 atom stereocenters. The molecular weight excluding hydrogens is 439 g/mol. The largest absolute Gasteiger partial charge is 0.493 e. The Morgan fingerprint density at radius 1 is 1.03 bits per heavy atom. The third-order valence-electron chi connectivity index (χ3n) is 4.84. The molecule has 1 unspecified atom stereocenters. The number of piperazine rings is 1. The minimum Gasteiger partial charge on any atom is -0.493 e. The van der Waals surface area contributed by atoms with Gasteiger partial charge in [-0.1, -0.05) is 6.07 Å². The van der Waals surface area contributed by atoms with Crippen LogP contribution in [-0.4, -0.2) is 124 Å². The van der Waals surface area contributed by atoms with Gasteiger partial charge in [0.15, 0.2) is 11.5 Å². The van der Waals surface area contributed by atoms with E-state index in [9.17, 15) is 13.2 Å². The van der Waals surface area contributed by atoms with Gasteiger partial charge in [0.25, 0.3) is 10.1 Å². The number of benzene rings is 1. The summed E-state index contributed by atoms with van der Waals surface area (Å²) in [6.07, 6.45) is -0.907.